The molecule has 3 heteroatoms. The van der Waals surface area contributed by atoms with Crippen LogP contribution in [0.25, 0.3) is 0 Å². The summed E-state index contributed by atoms with van der Waals surface area (Å²) < 4.78 is 11.1. The summed E-state index contributed by atoms with van der Waals surface area (Å²) in [5.74, 6) is 0.817. The highest BCUT2D eigenvalue weighted by atomic mass is 32.2. The predicted molar refractivity (Wildman–Crippen MR) is 67.5 cm³/mol. The van der Waals surface area contributed by atoms with Crippen molar-refractivity contribution < 1.29 is 4.21 Å². The molecule has 15 heavy (non-hydrogen) atoms. The van der Waals surface area contributed by atoms with E-state index in [1.54, 1.807) is 6.26 Å². The Hall–Kier alpha value is -0.150. The molecule has 3 atom stereocenters. The van der Waals surface area contributed by atoms with Crippen molar-refractivity contribution in [3.8, 4) is 0 Å². The van der Waals surface area contributed by atoms with E-state index in [1.807, 2.05) is 0 Å². The van der Waals surface area contributed by atoms with Crippen molar-refractivity contribution in [2.45, 2.75) is 37.9 Å². The van der Waals surface area contributed by atoms with E-state index in [0.717, 1.165) is 25.4 Å². The first-order valence-corrected chi connectivity index (χ1v) is 7.50. The molecular weight excluding hydrogens is 206 g/mol. The van der Waals surface area contributed by atoms with E-state index in [0.29, 0.717) is 5.25 Å². The van der Waals surface area contributed by atoms with E-state index in [2.05, 4.69) is 24.4 Å². The van der Waals surface area contributed by atoms with Gasteiger partial charge in [0.25, 0.3) is 0 Å². The van der Waals surface area contributed by atoms with Gasteiger partial charge in [0.05, 0.1) is 0 Å². The number of hydrogen-bond donors (Lipinski definition) is 1. The second kappa shape index (κ2) is 7.18. The van der Waals surface area contributed by atoms with Gasteiger partial charge in [-0.05, 0) is 44.7 Å². The third kappa shape index (κ3) is 5.47. The summed E-state index contributed by atoms with van der Waals surface area (Å²) in [6, 6.07) is 0. The molecule has 0 radical (unpaired) electrons. The summed E-state index contributed by atoms with van der Waals surface area (Å²) in [7, 11) is -0.670. The molecule has 1 aliphatic carbocycles. The third-order valence-electron chi connectivity index (χ3n) is 3.10. The monoisotopic (exact) mass is 229 g/mol. The minimum absolute atomic E-state index is 0.323. The van der Waals surface area contributed by atoms with Crippen LogP contribution in [0.3, 0.4) is 0 Å². The Kier molecular flexibility index (Phi) is 6.18. The lowest BCUT2D eigenvalue weighted by Gasteiger charge is -2.18. The van der Waals surface area contributed by atoms with Crippen LogP contribution in [0.4, 0.5) is 0 Å². The minimum atomic E-state index is -0.670. The molecule has 0 aromatic carbocycles. The average Bonchev–Trinajstić information content (AvgIpc) is 2.25. The molecule has 88 valence electrons. The highest BCUT2D eigenvalue weighted by Gasteiger charge is 2.09. The zero-order valence-electron chi connectivity index (χ0n) is 9.87. The van der Waals surface area contributed by atoms with Gasteiger partial charge in [-0.15, -0.1) is 0 Å². The average molecular weight is 229 g/mol. The topological polar surface area (TPSA) is 29.1 Å². The Morgan fingerprint density at radius 3 is 2.93 bits per heavy atom. The van der Waals surface area contributed by atoms with Crippen molar-refractivity contribution >= 4 is 10.8 Å². The second-order valence-corrected chi connectivity index (χ2v) is 6.25. The first kappa shape index (κ1) is 12.9. The summed E-state index contributed by atoms with van der Waals surface area (Å²) in [6.07, 6.45) is 11.2. The van der Waals surface area contributed by atoms with E-state index >= 15 is 0 Å². The molecule has 0 heterocycles. The molecule has 0 bridgehead atoms. The Balaban J connectivity index is 2.01. The molecule has 0 saturated heterocycles. The Labute approximate surface area is 96.0 Å². The lowest BCUT2D eigenvalue weighted by Crippen LogP contribution is -2.27. The number of allylic oxidation sites excluding steroid dienone is 2. The highest BCUT2D eigenvalue weighted by molar-refractivity contribution is 7.84. The fourth-order valence-corrected chi connectivity index (χ4v) is 2.27. The summed E-state index contributed by atoms with van der Waals surface area (Å²) in [6.45, 7) is 4.18. The van der Waals surface area contributed by atoms with Gasteiger partial charge >= 0.3 is 0 Å². The molecule has 0 saturated carbocycles. The number of nitrogens with one attached hydrogen (secondary N) is 1. The van der Waals surface area contributed by atoms with E-state index < -0.39 is 10.8 Å². The molecule has 1 rings (SSSR count). The maximum atomic E-state index is 11.1. The molecule has 0 spiro atoms. The van der Waals surface area contributed by atoms with Crippen LogP contribution in [-0.4, -0.2) is 28.8 Å². The molecular formula is C12H23NOS. The molecule has 0 fully saturated rings. The highest BCUT2D eigenvalue weighted by Crippen LogP contribution is 2.16. The Morgan fingerprint density at radius 1 is 1.53 bits per heavy atom. The van der Waals surface area contributed by atoms with Gasteiger partial charge < -0.3 is 5.32 Å². The maximum Gasteiger partial charge on any atom is 0.0329 e. The van der Waals surface area contributed by atoms with Crippen LogP contribution in [0.15, 0.2) is 12.2 Å². The molecule has 0 amide bonds. The van der Waals surface area contributed by atoms with Crippen LogP contribution < -0.4 is 5.32 Å². The summed E-state index contributed by atoms with van der Waals surface area (Å²) in [5, 5.41) is 3.80. The summed E-state index contributed by atoms with van der Waals surface area (Å²) in [5.41, 5.74) is 0. The second-order valence-electron chi connectivity index (χ2n) is 4.45. The first-order chi connectivity index (χ1) is 7.20. The van der Waals surface area contributed by atoms with E-state index in [1.165, 1.54) is 19.3 Å². The fraction of sp³-hybridized carbons (Fsp3) is 0.833. The standard InChI is InChI=1S/C12H23NOS/c1-11(15(2)14)8-9-13-10-12-6-4-3-5-7-12/h3-4,11-13H,5-10H2,1-2H3. The molecule has 0 aliphatic heterocycles. The van der Waals surface area contributed by atoms with Crippen molar-refractivity contribution in [1.29, 1.82) is 0 Å². The smallest absolute Gasteiger partial charge is 0.0329 e. The zero-order chi connectivity index (χ0) is 11.1. The molecule has 0 aromatic rings. The zero-order valence-corrected chi connectivity index (χ0v) is 10.7. The molecule has 3 unspecified atom stereocenters. The maximum absolute atomic E-state index is 11.1. The van der Waals surface area contributed by atoms with E-state index in [-0.39, 0.29) is 0 Å². The van der Waals surface area contributed by atoms with Gasteiger partial charge in [-0.25, -0.2) is 0 Å². The van der Waals surface area contributed by atoms with Crippen LogP contribution in [0.5, 0.6) is 0 Å². The van der Waals surface area contributed by atoms with Crippen LogP contribution >= 0.6 is 0 Å². The van der Waals surface area contributed by atoms with Crippen molar-refractivity contribution in [2.75, 3.05) is 19.3 Å². The molecule has 0 aromatic heterocycles. The Morgan fingerprint density at radius 2 is 2.33 bits per heavy atom. The predicted octanol–water partition coefficient (Wildman–Crippen LogP) is 2.09. The van der Waals surface area contributed by atoms with Crippen molar-refractivity contribution in [2.24, 2.45) is 5.92 Å². The molecule has 2 nitrogen and oxygen atoms in total. The lowest BCUT2D eigenvalue weighted by molar-refractivity contribution is 0.439. The normalized spacial score (nSPS) is 25.1. The van der Waals surface area contributed by atoms with Gasteiger partial charge in [-0.2, -0.15) is 0 Å². The van der Waals surface area contributed by atoms with Gasteiger partial charge in [0.1, 0.15) is 0 Å². The molecule has 1 N–H and O–H groups in total. The van der Waals surface area contributed by atoms with Crippen LogP contribution in [0.2, 0.25) is 0 Å². The SMILES string of the molecule is CC(CCNCC1CC=CCC1)S(C)=O. The van der Waals surface area contributed by atoms with Gasteiger partial charge in [0.2, 0.25) is 0 Å². The number of rotatable bonds is 6. The number of hydrogen-bond acceptors (Lipinski definition) is 2. The van der Waals surface area contributed by atoms with Crippen molar-refractivity contribution in [1.82, 2.24) is 5.32 Å². The summed E-state index contributed by atoms with van der Waals surface area (Å²) >= 11 is 0. The largest absolute Gasteiger partial charge is 0.316 e. The van der Waals surface area contributed by atoms with Crippen molar-refractivity contribution in [3.05, 3.63) is 12.2 Å². The Bertz CT molecular complexity index is 228. The third-order valence-corrected chi connectivity index (χ3v) is 4.47. The van der Waals surface area contributed by atoms with Gasteiger partial charge in [-0.1, -0.05) is 19.1 Å². The van der Waals surface area contributed by atoms with Crippen LogP contribution in [-0.2, 0) is 10.8 Å². The van der Waals surface area contributed by atoms with Gasteiger partial charge in [0, 0.05) is 22.3 Å². The van der Waals surface area contributed by atoms with E-state index in [4.69, 9.17) is 0 Å². The fourth-order valence-electron chi connectivity index (χ4n) is 1.82. The summed E-state index contributed by atoms with van der Waals surface area (Å²) in [4.78, 5) is 0. The quantitative estimate of drug-likeness (QED) is 0.558. The van der Waals surface area contributed by atoms with E-state index in [9.17, 15) is 4.21 Å². The van der Waals surface area contributed by atoms with Gasteiger partial charge in [-0.3, -0.25) is 4.21 Å². The lowest BCUT2D eigenvalue weighted by atomic mass is 9.94. The minimum Gasteiger partial charge on any atom is -0.316 e. The van der Waals surface area contributed by atoms with Gasteiger partial charge in [0.15, 0.2) is 0 Å². The van der Waals surface area contributed by atoms with Crippen LogP contribution in [0.1, 0.15) is 32.6 Å². The first-order valence-electron chi connectivity index (χ1n) is 5.88. The van der Waals surface area contributed by atoms with Crippen LogP contribution in [0, 0.1) is 5.92 Å². The van der Waals surface area contributed by atoms with Crippen molar-refractivity contribution in [3.63, 3.8) is 0 Å². The molecule has 1 aliphatic rings.